The highest BCUT2D eigenvalue weighted by molar-refractivity contribution is 7.86. The lowest BCUT2D eigenvalue weighted by molar-refractivity contribution is -0.437. The molecule has 4 heterocycles. The van der Waals surface area contributed by atoms with Crippen molar-refractivity contribution in [2.75, 3.05) is 189 Å². The van der Waals surface area contributed by atoms with E-state index in [0.29, 0.717) is 165 Å². The zero-order chi connectivity index (χ0) is 74.9. The summed E-state index contributed by atoms with van der Waals surface area (Å²) in [5.74, 6) is -2.37. The van der Waals surface area contributed by atoms with Crippen molar-refractivity contribution in [2.45, 2.75) is 108 Å². The Kier molecular flexibility index (Phi) is 36.1. The molecular formula is C71H103N3O26S3-2. The molecule has 2 aromatic rings. The number of hydroxylamine groups is 2. The lowest BCUT2D eigenvalue weighted by Crippen LogP contribution is -2.52. The number of methoxy groups -OCH3 is 2. The Bertz CT molecular complexity index is 3570. The molecule has 32 heteroatoms. The molecular weight excluding hydrogens is 1410 g/mol. The Morgan fingerprint density at radius 2 is 1.10 bits per heavy atom. The van der Waals surface area contributed by atoms with Crippen LogP contribution in [0.3, 0.4) is 0 Å². The minimum absolute atomic E-state index is 0.0000419. The summed E-state index contributed by atoms with van der Waals surface area (Å²) < 4.78 is 186. The van der Waals surface area contributed by atoms with Crippen LogP contribution in [0.2, 0.25) is 0 Å². The molecule has 4 aliphatic heterocycles. The van der Waals surface area contributed by atoms with Gasteiger partial charge in [-0.25, -0.2) is 30.0 Å². The van der Waals surface area contributed by atoms with Crippen molar-refractivity contribution in [3.8, 4) is 5.75 Å². The molecule has 0 radical (unpaired) electrons. The smallest absolute Gasteiger partial charge is 0.333 e. The first-order valence-electron chi connectivity index (χ1n) is 34.7. The fourth-order valence-corrected chi connectivity index (χ4v) is 13.4. The van der Waals surface area contributed by atoms with Gasteiger partial charge in [0.1, 0.15) is 28.2 Å². The largest absolute Gasteiger partial charge is 0.748 e. The second kappa shape index (κ2) is 43.2. The van der Waals surface area contributed by atoms with Crippen molar-refractivity contribution in [1.82, 2.24) is 5.06 Å². The van der Waals surface area contributed by atoms with Gasteiger partial charge in [0.05, 0.1) is 168 Å². The summed E-state index contributed by atoms with van der Waals surface area (Å²) in [7, 11) is -11.0. The average Bonchev–Trinajstić information content (AvgIpc) is 1.67. The standard InChI is InChI=1S/C71H105N3O26S3/c1-55-54-71(22-26-89-32-34-93-40-42-97-46-44-95-38-36-91-30-28-87-6,23-27-90-33-35-94-41-43-98-47-45-96-39-37-92-31-29-88-7)73(25-13-49-102(81,82)83)62-53-63-59(52-58(55)62)56(50-65(99-63)69(2,3)4)14-9-8-10-15-64-70(5,21-11-16-68(77)100-74-66(75)19-20-67(74)76)60-51-57(103(84,85)86)17-18-61(60)72(64)24-12-48-101(78,79)80/h8-10,14-15,17-18,50-54H,11-13,16,19-49H2,1-7H3,(H2-,78,79,80,81,82,83,84,85,86)/p-2. The number of fused-ring (bicyclic) bond motifs is 3. The number of imide groups is 1. The van der Waals surface area contributed by atoms with Gasteiger partial charge in [0, 0.05) is 117 Å². The van der Waals surface area contributed by atoms with E-state index in [1.54, 1.807) is 50.0 Å². The van der Waals surface area contributed by atoms with Gasteiger partial charge in [0.25, 0.3) is 11.8 Å². The molecule has 0 saturated carbocycles. The maximum absolute atomic E-state index is 13.1. The lowest BCUT2D eigenvalue weighted by atomic mass is 9.75. The van der Waals surface area contributed by atoms with Crippen molar-refractivity contribution in [2.24, 2.45) is 5.41 Å². The topological polar surface area (TPSA) is 362 Å². The van der Waals surface area contributed by atoms with E-state index in [1.165, 1.54) is 12.1 Å². The summed E-state index contributed by atoms with van der Waals surface area (Å²) in [5.41, 5.74) is 2.70. The fourth-order valence-electron chi connectivity index (χ4n) is 12.0. The normalized spacial score (nSPS) is 17.4. The number of ether oxygens (including phenoxy) is 13. The maximum atomic E-state index is 13.1. The number of nitrogens with zero attached hydrogens (tertiary/aromatic N) is 3. The molecule has 1 saturated heterocycles. The van der Waals surface area contributed by atoms with Gasteiger partial charge in [-0.1, -0.05) is 51.2 Å². The van der Waals surface area contributed by atoms with E-state index in [9.17, 15) is 53.3 Å². The molecule has 2 aromatic carbocycles. The molecule has 1 fully saturated rings. The number of hydrogen-bond donors (Lipinski definition) is 0. The number of rotatable bonds is 53. The zero-order valence-corrected chi connectivity index (χ0v) is 62.8. The lowest BCUT2D eigenvalue weighted by Gasteiger charge is -2.48. The highest BCUT2D eigenvalue weighted by atomic mass is 32.2. The second-order valence-corrected chi connectivity index (χ2v) is 30.3. The molecule has 0 aromatic heterocycles. The van der Waals surface area contributed by atoms with E-state index in [1.807, 2.05) is 52.0 Å². The van der Waals surface area contributed by atoms with Crippen molar-refractivity contribution in [3.63, 3.8) is 0 Å². The second-order valence-electron chi connectivity index (χ2n) is 25.9. The Balaban J connectivity index is 1.26. The monoisotopic (exact) mass is 1510 g/mol. The van der Waals surface area contributed by atoms with Gasteiger partial charge in [-0.3, -0.25) is 9.59 Å². The summed E-state index contributed by atoms with van der Waals surface area (Å²) in [5, 5.41) is 0.444. The molecule has 0 aliphatic carbocycles. The summed E-state index contributed by atoms with van der Waals surface area (Å²) in [6.45, 7) is 18.4. The molecule has 103 heavy (non-hydrogen) atoms. The van der Waals surface area contributed by atoms with E-state index in [4.69, 9.17) is 66.4 Å². The van der Waals surface area contributed by atoms with Crippen LogP contribution in [0.15, 0.2) is 83.5 Å². The first-order valence-corrected chi connectivity index (χ1v) is 39.2. The minimum atomic E-state index is -4.98. The summed E-state index contributed by atoms with van der Waals surface area (Å²) in [6.07, 6.45) is 13.4. The van der Waals surface area contributed by atoms with Crippen LogP contribution in [-0.4, -0.2) is 262 Å². The Morgan fingerprint density at radius 1 is 0.612 bits per heavy atom. The summed E-state index contributed by atoms with van der Waals surface area (Å²) in [4.78, 5) is 44.3. The first kappa shape index (κ1) is 86.2. The number of benzene rings is 2. The van der Waals surface area contributed by atoms with Gasteiger partial charge in [0.15, 0.2) is 5.71 Å². The predicted molar refractivity (Wildman–Crippen MR) is 377 cm³/mol. The predicted octanol–water partition coefficient (Wildman–Crippen LogP) is 6.31. The Hall–Kier alpha value is -5.73. The molecule has 1 unspecified atom stereocenters. The molecule has 578 valence electrons. The molecule has 4 aliphatic rings. The van der Waals surface area contributed by atoms with Crippen LogP contribution in [0.5, 0.6) is 5.75 Å². The third-order valence-corrected chi connectivity index (χ3v) is 19.6. The van der Waals surface area contributed by atoms with Crippen molar-refractivity contribution in [1.29, 1.82) is 0 Å². The molecule has 1 atom stereocenters. The minimum Gasteiger partial charge on any atom is -0.748 e. The van der Waals surface area contributed by atoms with Crippen LogP contribution in [0.1, 0.15) is 109 Å². The molecule has 0 spiro atoms. The van der Waals surface area contributed by atoms with Crippen LogP contribution in [0.4, 0.5) is 11.4 Å². The number of amides is 2. The van der Waals surface area contributed by atoms with Crippen LogP contribution < -0.4 is 9.64 Å². The molecule has 6 rings (SSSR count). The zero-order valence-electron chi connectivity index (χ0n) is 60.4. The number of carbonyl (C=O) groups is 3. The molecule has 0 bridgehead atoms. The van der Waals surface area contributed by atoms with E-state index in [0.717, 1.165) is 34.0 Å². The van der Waals surface area contributed by atoms with Crippen molar-refractivity contribution >= 4 is 76.4 Å². The van der Waals surface area contributed by atoms with Crippen LogP contribution in [-0.2, 0) is 112 Å². The molecule has 2 amide bonds. The maximum Gasteiger partial charge on any atom is 0.333 e. The Morgan fingerprint density at radius 3 is 1.57 bits per heavy atom. The highest BCUT2D eigenvalue weighted by Crippen LogP contribution is 2.50. The van der Waals surface area contributed by atoms with Gasteiger partial charge in [-0.05, 0) is 81.4 Å². The van der Waals surface area contributed by atoms with Gasteiger partial charge in [0.2, 0.25) is 5.69 Å². The van der Waals surface area contributed by atoms with Gasteiger partial charge < -0.3 is 85.0 Å². The Labute approximate surface area is 606 Å². The number of allylic oxidation sites excluding steroid dienone is 9. The van der Waals surface area contributed by atoms with Gasteiger partial charge in [-0.2, -0.15) is 4.58 Å². The fraction of sp³-hybridized carbons (Fsp3) is 0.634. The third-order valence-electron chi connectivity index (χ3n) is 17.2. The number of carbonyl (C=O) groups excluding carboxylic acids is 3. The van der Waals surface area contributed by atoms with Crippen molar-refractivity contribution < 1.29 is 124 Å². The SMILES string of the molecule is COCCOCCOCCOCCOCCOCCC1(CCOCCOCCOCCOCCOCCOC)C=C(C)c2cc3c(cc2N1CCCS(=O)(=O)[O-])OC(C(C)(C)C)=C\C3=C/C=C/C=C/C1=[N+](CCCS(=O)(=O)[O-])c2ccc(S(=O)(=O)[O-])cc2C1(C)CCCC(=O)ON1C(=O)CCC1=O. The van der Waals surface area contributed by atoms with E-state index >= 15 is 0 Å². The van der Waals surface area contributed by atoms with Crippen LogP contribution in [0.25, 0.3) is 11.1 Å². The molecule has 0 N–H and O–H groups in total. The van der Waals surface area contributed by atoms with Crippen molar-refractivity contribution in [3.05, 3.63) is 95.3 Å². The van der Waals surface area contributed by atoms with E-state index in [2.05, 4.69) is 11.0 Å². The number of hydrogen-bond acceptors (Lipinski definition) is 27. The summed E-state index contributed by atoms with van der Waals surface area (Å²) in [6, 6.07) is 7.79. The van der Waals surface area contributed by atoms with Gasteiger partial charge >= 0.3 is 5.97 Å². The van der Waals surface area contributed by atoms with E-state index in [-0.39, 0.29) is 84.5 Å². The number of anilines is 1. The first-order chi connectivity index (χ1) is 49.1. The highest BCUT2D eigenvalue weighted by Gasteiger charge is 2.48. The van der Waals surface area contributed by atoms with Crippen LogP contribution in [0, 0.1) is 5.41 Å². The van der Waals surface area contributed by atoms with Gasteiger partial charge in [-0.15, -0.1) is 5.06 Å². The summed E-state index contributed by atoms with van der Waals surface area (Å²) >= 11 is 0. The van der Waals surface area contributed by atoms with E-state index < -0.39 is 80.9 Å². The third kappa shape index (κ3) is 28.8. The van der Waals surface area contributed by atoms with Crippen LogP contribution >= 0.6 is 0 Å². The average molecular weight is 1510 g/mol. The molecule has 29 nitrogen and oxygen atoms in total. The quantitative estimate of drug-likeness (QED) is 0.0230.